The molecule has 1 saturated heterocycles. The average molecular weight is 221 g/mol. The van der Waals surface area contributed by atoms with Gasteiger partial charge in [0.25, 0.3) is 0 Å². The standard InChI is InChI=1S/C7H15N3O3S/c8-1-2-10-3-4-14(12,13)5-6(10)7(9)11/h6H,1-5,8H2,(H2,9,11). The fraction of sp³-hybridized carbons (Fsp3) is 0.857. The highest BCUT2D eigenvalue weighted by Gasteiger charge is 2.33. The Morgan fingerprint density at radius 3 is 2.64 bits per heavy atom. The van der Waals surface area contributed by atoms with Crippen LogP contribution in [0.4, 0.5) is 0 Å². The molecule has 1 fully saturated rings. The van der Waals surface area contributed by atoms with E-state index < -0.39 is 21.8 Å². The van der Waals surface area contributed by atoms with E-state index >= 15 is 0 Å². The summed E-state index contributed by atoms with van der Waals surface area (Å²) < 4.78 is 22.5. The third-order valence-corrected chi connectivity index (χ3v) is 3.92. The SMILES string of the molecule is NCCN1CCS(=O)(=O)CC1C(N)=O. The first-order valence-electron chi connectivity index (χ1n) is 4.40. The second kappa shape index (κ2) is 4.24. The van der Waals surface area contributed by atoms with Crippen molar-refractivity contribution in [2.45, 2.75) is 6.04 Å². The molecule has 0 bridgehead atoms. The molecule has 1 unspecified atom stereocenters. The lowest BCUT2D eigenvalue weighted by Crippen LogP contribution is -2.55. The van der Waals surface area contributed by atoms with Crippen molar-refractivity contribution in [2.75, 3.05) is 31.1 Å². The summed E-state index contributed by atoms with van der Waals surface area (Å²) in [5.74, 6) is -0.694. The van der Waals surface area contributed by atoms with Gasteiger partial charge in [-0.1, -0.05) is 0 Å². The minimum absolute atomic E-state index is 0.0801. The van der Waals surface area contributed by atoms with Crippen LogP contribution in [0.15, 0.2) is 0 Å². The molecule has 0 aromatic carbocycles. The molecular formula is C7H15N3O3S. The van der Waals surface area contributed by atoms with Gasteiger partial charge in [0, 0.05) is 19.6 Å². The smallest absolute Gasteiger partial charge is 0.235 e. The van der Waals surface area contributed by atoms with Gasteiger partial charge in [-0.15, -0.1) is 0 Å². The topological polar surface area (TPSA) is 106 Å². The second-order valence-corrected chi connectivity index (χ2v) is 5.59. The van der Waals surface area contributed by atoms with Crippen molar-refractivity contribution in [3.8, 4) is 0 Å². The van der Waals surface area contributed by atoms with E-state index in [1.54, 1.807) is 4.90 Å². The van der Waals surface area contributed by atoms with E-state index in [4.69, 9.17) is 11.5 Å². The van der Waals surface area contributed by atoms with Crippen LogP contribution in [0.5, 0.6) is 0 Å². The fourth-order valence-corrected chi connectivity index (χ4v) is 3.07. The molecule has 0 saturated carbocycles. The number of amides is 1. The summed E-state index contributed by atoms with van der Waals surface area (Å²) >= 11 is 0. The maximum absolute atomic E-state index is 11.2. The fourth-order valence-electron chi connectivity index (χ4n) is 1.54. The molecule has 82 valence electrons. The molecule has 0 aromatic heterocycles. The van der Waals surface area contributed by atoms with E-state index in [9.17, 15) is 13.2 Å². The Morgan fingerprint density at radius 1 is 1.50 bits per heavy atom. The molecule has 0 spiro atoms. The molecule has 1 heterocycles. The second-order valence-electron chi connectivity index (χ2n) is 3.36. The lowest BCUT2D eigenvalue weighted by molar-refractivity contribution is -0.122. The number of carbonyl (C=O) groups is 1. The zero-order valence-electron chi connectivity index (χ0n) is 7.85. The predicted molar refractivity (Wildman–Crippen MR) is 52.3 cm³/mol. The number of hydrogen-bond donors (Lipinski definition) is 2. The highest BCUT2D eigenvalue weighted by Crippen LogP contribution is 2.10. The van der Waals surface area contributed by atoms with Gasteiger partial charge in [-0.05, 0) is 0 Å². The zero-order chi connectivity index (χ0) is 10.8. The lowest BCUT2D eigenvalue weighted by Gasteiger charge is -2.32. The summed E-state index contributed by atoms with van der Waals surface area (Å²) in [5.41, 5.74) is 10.5. The molecular weight excluding hydrogens is 206 g/mol. The molecule has 6 nitrogen and oxygen atoms in total. The van der Waals surface area contributed by atoms with E-state index in [2.05, 4.69) is 0 Å². The van der Waals surface area contributed by atoms with Crippen molar-refractivity contribution < 1.29 is 13.2 Å². The van der Waals surface area contributed by atoms with Crippen molar-refractivity contribution in [3.05, 3.63) is 0 Å². The quantitative estimate of drug-likeness (QED) is 0.549. The van der Waals surface area contributed by atoms with Crippen LogP contribution in [0.2, 0.25) is 0 Å². The summed E-state index contributed by atoms with van der Waals surface area (Å²) in [6.45, 7) is 1.24. The van der Waals surface area contributed by atoms with Crippen LogP contribution < -0.4 is 11.5 Å². The number of sulfone groups is 1. The van der Waals surface area contributed by atoms with Crippen LogP contribution >= 0.6 is 0 Å². The molecule has 7 heteroatoms. The van der Waals surface area contributed by atoms with Gasteiger partial charge in [-0.3, -0.25) is 9.69 Å². The largest absolute Gasteiger partial charge is 0.368 e. The minimum atomic E-state index is -3.11. The average Bonchev–Trinajstić information content (AvgIpc) is 2.08. The molecule has 1 aliphatic heterocycles. The number of rotatable bonds is 3. The molecule has 1 amide bonds. The van der Waals surface area contributed by atoms with E-state index in [-0.39, 0.29) is 11.5 Å². The van der Waals surface area contributed by atoms with Gasteiger partial charge in [-0.2, -0.15) is 0 Å². The summed E-state index contributed by atoms with van der Waals surface area (Å²) in [6.07, 6.45) is 0. The summed E-state index contributed by atoms with van der Waals surface area (Å²) in [7, 11) is -3.11. The monoisotopic (exact) mass is 221 g/mol. The number of primary amides is 1. The van der Waals surface area contributed by atoms with E-state index in [0.29, 0.717) is 19.6 Å². The highest BCUT2D eigenvalue weighted by molar-refractivity contribution is 7.91. The van der Waals surface area contributed by atoms with E-state index in [1.165, 1.54) is 0 Å². The molecule has 14 heavy (non-hydrogen) atoms. The van der Waals surface area contributed by atoms with Gasteiger partial charge in [0.2, 0.25) is 5.91 Å². The first-order valence-corrected chi connectivity index (χ1v) is 6.22. The van der Waals surface area contributed by atoms with Crippen LogP contribution in [0.1, 0.15) is 0 Å². The summed E-state index contributed by atoms with van der Waals surface area (Å²) in [4.78, 5) is 12.7. The van der Waals surface area contributed by atoms with Crippen LogP contribution in [0.25, 0.3) is 0 Å². The third kappa shape index (κ3) is 2.66. The highest BCUT2D eigenvalue weighted by atomic mass is 32.2. The molecule has 0 aromatic rings. The van der Waals surface area contributed by atoms with Crippen molar-refractivity contribution in [3.63, 3.8) is 0 Å². The van der Waals surface area contributed by atoms with Crippen LogP contribution in [-0.4, -0.2) is 56.4 Å². The maximum atomic E-state index is 11.2. The predicted octanol–water partition coefficient (Wildman–Crippen LogP) is -2.47. The molecule has 0 radical (unpaired) electrons. The summed E-state index contributed by atoms with van der Waals surface area (Å²) in [5, 5.41) is 0. The van der Waals surface area contributed by atoms with Gasteiger partial charge >= 0.3 is 0 Å². The van der Waals surface area contributed by atoms with E-state index in [1.807, 2.05) is 0 Å². The van der Waals surface area contributed by atoms with Crippen LogP contribution in [0.3, 0.4) is 0 Å². The Morgan fingerprint density at radius 2 is 2.14 bits per heavy atom. The van der Waals surface area contributed by atoms with Gasteiger partial charge in [0.15, 0.2) is 9.84 Å². The van der Waals surface area contributed by atoms with Crippen LogP contribution in [-0.2, 0) is 14.6 Å². The number of carbonyl (C=O) groups excluding carboxylic acids is 1. The molecule has 0 aliphatic carbocycles. The molecule has 1 atom stereocenters. The number of hydrogen-bond acceptors (Lipinski definition) is 5. The van der Waals surface area contributed by atoms with Gasteiger partial charge in [-0.25, -0.2) is 8.42 Å². The molecule has 1 aliphatic rings. The van der Waals surface area contributed by atoms with Crippen molar-refractivity contribution in [1.29, 1.82) is 0 Å². The molecule has 4 N–H and O–H groups in total. The van der Waals surface area contributed by atoms with Gasteiger partial charge < -0.3 is 11.5 Å². The minimum Gasteiger partial charge on any atom is -0.368 e. The Balaban J connectivity index is 2.75. The van der Waals surface area contributed by atoms with Crippen LogP contribution in [0, 0.1) is 0 Å². The number of nitrogens with zero attached hydrogens (tertiary/aromatic N) is 1. The summed E-state index contributed by atoms with van der Waals surface area (Å²) in [6, 6.07) is -0.711. The van der Waals surface area contributed by atoms with Gasteiger partial charge in [0.05, 0.1) is 11.5 Å². The molecule has 1 rings (SSSR count). The first kappa shape index (κ1) is 11.4. The zero-order valence-corrected chi connectivity index (χ0v) is 8.66. The van der Waals surface area contributed by atoms with Crippen molar-refractivity contribution >= 4 is 15.7 Å². The first-order chi connectivity index (χ1) is 6.46. The Kier molecular flexibility index (Phi) is 3.46. The van der Waals surface area contributed by atoms with Crippen molar-refractivity contribution in [1.82, 2.24) is 4.90 Å². The number of nitrogens with two attached hydrogens (primary N) is 2. The van der Waals surface area contributed by atoms with E-state index in [0.717, 1.165) is 0 Å². The Hall–Kier alpha value is -0.660. The third-order valence-electron chi connectivity index (χ3n) is 2.29. The Labute approximate surface area is 83.1 Å². The lowest BCUT2D eigenvalue weighted by atomic mass is 10.2. The maximum Gasteiger partial charge on any atom is 0.235 e. The van der Waals surface area contributed by atoms with Gasteiger partial charge in [0.1, 0.15) is 6.04 Å². The van der Waals surface area contributed by atoms with Crippen molar-refractivity contribution in [2.24, 2.45) is 11.5 Å². The normalized spacial score (nSPS) is 27.4. The Bertz CT molecular complexity index is 314.